The van der Waals surface area contributed by atoms with Crippen molar-refractivity contribution in [2.75, 3.05) is 40.5 Å². The van der Waals surface area contributed by atoms with Gasteiger partial charge in [0, 0.05) is 25.5 Å². The van der Waals surface area contributed by atoms with E-state index in [0.29, 0.717) is 13.2 Å². The first kappa shape index (κ1) is 22.2. The number of hydrogen-bond donors (Lipinski definition) is 0. The van der Waals surface area contributed by atoms with Gasteiger partial charge >= 0.3 is 5.69 Å². The third kappa shape index (κ3) is 5.60. The maximum atomic E-state index is 13.0. The van der Waals surface area contributed by atoms with E-state index in [9.17, 15) is 4.79 Å². The van der Waals surface area contributed by atoms with E-state index in [4.69, 9.17) is 14.2 Å². The Balaban J connectivity index is 1.39. The molecule has 170 valence electrons. The zero-order chi connectivity index (χ0) is 22.3. The number of nitrogens with zero attached hydrogens (tertiary/aromatic N) is 3. The SMILES string of the molecule is CN(C)CCOc1ccc(-n2ccn(-c3ccc(OCC4CCCCO4)cc3)c2=O)cc1. The molecule has 1 unspecified atom stereocenters. The molecule has 4 rings (SSSR count). The Hall–Kier alpha value is -3.03. The van der Waals surface area contributed by atoms with Gasteiger partial charge in [-0.15, -0.1) is 0 Å². The molecule has 1 aliphatic rings. The topological polar surface area (TPSA) is 57.9 Å². The van der Waals surface area contributed by atoms with Gasteiger partial charge in [0.2, 0.25) is 0 Å². The molecule has 1 fully saturated rings. The quantitative estimate of drug-likeness (QED) is 0.513. The summed E-state index contributed by atoms with van der Waals surface area (Å²) in [4.78, 5) is 15.0. The molecule has 3 aromatic rings. The molecular formula is C25H31N3O4. The summed E-state index contributed by atoms with van der Waals surface area (Å²) in [5.41, 5.74) is 1.45. The van der Waals surface area contributed by atoms with Crippen molar-refractivity contribution < 1.29 is 14.2 Å². The lowest BCUT2D eigenvalue weighted by atomic mass is 10.1. The average Bonchev–Trinajstić information content (AvgIpc) is 3.20. The molecule has 32 heavy (non-hydrogen) atoms. The van der Waals surface area contributed by atoms with Crippen molar-refractivity contribution in [1.82, 2.24) is 14.0 Å². The number of hydrogen-bond acceptors (Lipinski definition) is 5. The molecule has 1 aliphatic heterocycles. The van der Waals surface area contributed by atoms with Crippen LogP contribution in [-0.2, 0) is 4.74 Å². The first-order valence-electron chi connectivity index (χ1n) is 11.1. The zero-order valence-corrected chi connectivity index (χ0v) is 18.8. The summed E-state index contributed by atoms with van der Waals surface area (Å²) in [5, 5.41) is 0. The Morgan fingerprint density at radius 3 is 2.03 bits per heavy atom. The fourth-order valence-corrected chi connectivity index (χ4v) is 3.65. The largest absolute Gasteiger partial charge is 0.492 e. The van der Waals surface area contributed by atoms with Crippen molar-refractivity contribution >= 4 is 0 Å². The molecule has 1 saturated heterocycles. The minimum absolute atomic E-state index is 0.129. The molecule has 1 aromatic heterocycles. The second-order valence-corrected chi connectivity index (χ2v) is 8.26. The van der Waals surface area contributed by atoms with Crippen LogP contribution < -0.4 is 15.2 Å². The van der Waals surface area contributed by atoms with Crippen LogP contribution in [0.15, 0.2) is 65.7 Å². The molecule has 7 nitrogen and oxygen atoms in total. The average molecular weight is 438 g/mol. The van der Waals surface area contributed by atoms with Crippen molar-refractivity contribution in [3.8, 4) is 22.9 Å². The van der Waals surface area contributed by atoms with E-state index in [0.717, 1.165) is 48.9 Å². The van der Waals surface area contributed by atoms with E-state index < -0.39 is 0 Å². The van der Waals surface area contributed by atoms with Gasteiger partial charge in [-0.1, -0.05) is 0 Å². The number of aromatic nitrogens is 2. The second-order valence-electron chi connectivity index (χ2n) is 8.26. The van der Waals surface area contributed by atoms with Crippen molar-refractivity contribution in [1.29, 1.82) is 0 Å². The van der Waals surface area contributed by atoms with Crippen LogP contribution in [0.1, 0.15) is 19.3 Å². The maximum absolute atomic E-state index is 13.0. The van der Waals surface area contributed by atoms with Gasteiger partial charge in [-0.2, -0.15) is 0 Å². The molecule has 0 aliphatic carbocycles. The summed E-state index contributed by atoms with van der Waals surface area (Å²) >= 11 is 0. The van der Waals surface area contributed by atoms with Gasteiger partial charge in [-0.25, -0.2) is 4.79 Å². The lowest BCUT2D eigenvalue weighted by Crippen LogP contribution is -2.25. The number of ether oxygens (including phenoxy) is 3. The Morgan fingerprint density at radius 2 is 1.50 bits per heavy atom. The zero-order valence-electron chi connectivity index (χ0n) is 18.8. The Kier molecular flexibility index (Phi) is 7.29. The van der Waals surface area contributed by atoms with Crippen LogP contribution in [0.5, 0.6) is 11.5 Å². The van der Waals surface area contributed by atoms with E-state index in [1.165, 1.54) is 6.42 Å². The van der Waals surface area contributed by atoms with E-state index in [1.807, 2.05) is 62.6 Å². The summed E-state index contributed by atoms with van der Waals surface area (Å²) < 4.78 is 20.5. The van der Waals surface area contributed by atoms with Gasteiger partial charge in [-0.3, -0.25) is 9.13 Å². The summed E-state index contributed by atoms with van der Waals surface area (Å²) in [6.07, 6.45) is 7.09. The smallest absolute Gasteiger partial charge is 0.337 e. The van der Waals surface area contributed by atoms with Crippen molar-refractivity contribution in [3.05, 3.63) is 71.4 Å². The van der Waals surface area contributed by atoms with Gasteiger partial charge in [0.1, 0.15) is 24.7 Å². The standard InChI is InChI=1S/C25H31N3O4/c1-26(2)16-18-31-22-10-6-20(7-11-22)27-14-15-28(25(27)29)21-8-12-23(13-9-21)32-19-24-5-3-4-17-30-24/h6-15,24H,3-5,16-19H2,1-2H3. The fourth-order valence-electron chi connectivity index (χ4n) is 3.65. The van der Waals surface area contributed by atoms with Gasteiger partial charge in [-0.05, 0) is 81.9 Å². The molecule has 0 N–H and O–H groups in total. The van der Waals surface area contributed by atoms with Gasteiger partial charge in [0.05, 0.1) is 17.5 Å². The van der Waals surface area contributed by atoms with Crippen molar-refractivity contribution in [2.45, 2.75) is 25.4 Å². The summed E-state index contributed by atoms with van der Waals surface area (Å²) in [6.45, 7) is 2.85. The first-order valence-corrected chi connectivity index (χ1v) is 11.1. The van der Waals surface area contributed by atoms with Crippen molar-refractivity contribution in [3.63, 3.8) is 0 Å². The van der Waals surface area contributed by atoms with E-state index in [-0.39, 0.29) is 11.8 Å². The summed E-state index contributed by atoms with van der Waals surface area (Å²) in [7, 11) is 4.02. The van der Waals surface area contributed by atoms with Gasteiger partial charge in [0.15, 0.2) is 0 Å². The molecule has 7 heteroatoms. The molecule has 2 aromatic carbocycles. The third-order valence-corrected chi connectivity index (χ3v) is 5.52. The summed E-state index contributed by atoms with van der Waals surface area (Å²) in [5.74, 6) is 1.57. The predicted octanol–water partition coefficient (Wildman–Crippen LogP) is 3.52. The van der Waals surface area contributed by atoms with Crippen molar-refractivity contribution in [2.24, 2.45) is 0 Å². The molecule has 2 heterocycles. The highest BCUT2D eigenvalue weighted by atomic mass is 16.5. The van der Waals surface area contributed by atoms with Crippen LogP contribution in [-0.4, -0.2) is 60.6 Å². The minimum atomic E-state index is -0.129. The van der Waals surface area contributed by atoms with Crippen LogP contribution in [0, 0.1) is 0 Å². The summed E-state index contributed by atoms with van der Waals surface area (Å²) in [6, 6.07) is 15.1. The van der Waals surface area contributed by atoms with E-state index in [1.54, 1.807) is 21.5 Å². The van der Waals surface area contributed by atoms with Crippen LogP contribution in [0.3, 0.4) is 0 Å². The van der Waals surface area contributed by atoms with E-state index in [2.05, 4.69) is 4.90 Å². The van der Waals surface area contributed by atoms with Gasteiger partial charge in [0.25, 0.3) is 0 Å². The molecule has 0 spiro atoms. The van der Waals surface area contributed by atoms with Crippen LogP contribution in [0.25, 0.3) is 11.4 Å². The predicted molar refractivity (Wildman–Crippen MR) is 125 cm³/mol. The van der Waals surface area contributed by atoms with Crippen LogP contribution in [0.2, 0.25) is 0 Å². The van der Waals surface area contributed by atoms with E-state index >= 15 is 0 Å². The van der Waals surface area contributed by atoms with Crippen LogP contribution >= 0.6 is 0 Å². The highest BCUT2D eigenvalue weighted by Crippen LogP contribution is 2.19. The number of benzene rings is 2. The Labute approximate surface area is 188 Å². The second kappa shape index (κ2) is 10.5. The van der Waals surface area contributed by atoms with Gasteiger partial charge < -0.3 is 19.1 Å². The number of rotatable bonds is 9. The Bertz CT molecular complexity index is 1030. The van der Waals surface area contributed by atoms with Crippen LogP contribution in [0.4, 0.5) is 0 Å². The highest BCUT2D eigenvalue weighted by Gasteiger charge is 2.14. The fraction of sp³-hybridized carbons (Fsp3) is 0.400. The number of likely N-dealkylation sites (N-methyl/N-ethyl adjacent to an activating group) is 1. The number of imidazole rings is 1. The lowest BCUT2D eigenvalue weighted by molar-refractivity contribution is -0.0110. The minimum Gasteiger partial charge on any atom is -0.492 e. The third-order valence-electron chi connectivity index (χ3n) is 5.52. The maximum Gasteiger partial charge on any atom is 0.337 e. The molecule has 1 atom stereocenters. The normalized spacial score (nSPS) is 16.3. The molecule has 0 bridgehead atoms. The molecule has 0 amide bonds. The Morgan fingerprint density at radius 1 is 0.906 bits per heavy atom. The molecule has 0 radical (unpaired) electrons. The first-order chi connectivity index (χ1) is 15.6. The molecular weight excluding hydrogens is 406 g/mol. The lowest BCUT2D eigenvalue weighted by Gasteiger charge is -2.22. The monoisotopic (exact) mass is 437 g/mol. The molecule has 0 saturated carbocycles. The highest BCUT2D eigenvalue weighted by molar-refractivity contribution is 5.40.